The second-order valence-corrected chi connectivity index (χ2v) is 26.1. The van der Waals surface area contributed by atoms with Crippen molar-refractivity contribution in [2.24, 2.45) is 0 Å². The third-order valence-corrected chi connectivity index (χ3v) is 25.7. The van der Waals surface area contributed by atoms with E-state index in [0.29, 0.717) is 19.7 Å². The molecule has 236 valence electrons. The van der Waals surface area contributed by atoms with E-state index in [-0.39, 0.29) is 6.10 Å². The van der Waals surface area contributed by atoms with E-state index < -0.39 is 18.4 Å². The summed E-state index contributed by atoms with van der Waals surface area (Å²) in [4.78, 5) is 20.9. The summed E-state index contributed by atoms with van der Waals surface area (Å²) in [7, 11) is 2.24. The van der Waals surface area contributed by atoms with Crippen molar-refractivity contribution < 1.29 is 14.3 Å². The number of carbonyl (C=O) groups excluding carboxylic acids is 1. The summed E-state index contributed by atoms with van der Waals surface area (Å²) in [5, 5.41) is 1.38. The molecule has 0 N–H and O–H groups in total. The Labute approximate surface area is 267 Å². The summed E-state index contributed by atoms with van der Waals surface area (Å²) < 4.78 is 17.9. The summed E-state index contributed by atoms with van der Waals surface area (Å²) in [6, 6.07) is 15.9. The first-order chi connectivity index (χ1) is 21.0. The Morgan fingerprint density at radius 2 is 1.58 bits per heavy atom. The third kappa shape index (κ3) is 9.14. The van der Waals surface area contributed by atoms with E-state index in [4.69, 9.17) is 9.72 Å². The number of nitrogens with zero attached hydrogens (tertiary/aromatic N) is 4. The second kappa shape index (κ2) is 17.7. The zero-order valence-electron chi connectivity index (χ0n) is 26.8. The van der Waals surface area contributed by atoms with Crippen LogP contribution in [0.15, 0.2) is 53.6 Å². The molecule has 0 saturated carbocycles. The maximum Gasteiger partial charge on any atom is 0.293 e. The van der Waals surface area contributed by atoms with Gasteiger partial charge in [-0.05, 0) is 0 Å². The molecule has 0 aliphatic carbocycles. The number of pyridine rings is 1. The molecule has 4 heterocycles. The van der Waals surface area contributed by atoms with Crippen LogP contribution < -0.4 is 8.61 Å². The van der Waals surface area contributed by atoms with Crippen molar-refractivity contribution in [3.05, 3.63) is 48.7 Å². The maximum absolute atomic E-state index is 9.53. The Hall–Kier alpha value is -1.75. The van der Waals surface area contributed by atoms with Gasteiger partial charge in [0.1, 0.15) is 6.10 Å². The molecular formula is C34H52N4O3SSn. The van der Waals surface area contributed by atoms with Gasteiger partial charge in [0, 0.05) is 0 Å². The SMILES string of the molecule is CCC[CH2][Sn]([CH2]CCC)([CH2]CCC)[c]1cc2c(N3CCN(C)CC3)ccnc2n1Sc1ccccc1.O=COC1COC1. The van der Waals surface area contributed by atoms with Crippen LogP contribution in [0.1, 0.15) is 59.3 Å². The number of piperazine rings is 1. The van der Waals surface area contributed by atoms with Crippen LogP contribution in [-0.4, -0.2) is 91.2 Å². The number of benzene rings is 1. The number of rotatable bonds is 15. The van der Waals surface area contributed by atoms with Gasteiger partial charge in [-0.15, -0.1) is 0 Å². The average Bonchev–Trinajstić information content (AvgIpc) is 3.39. The maximum atomic E-state index is 9.53. The van der Waals surface area contributed by atoms with Gasteiger partial charge in [0.05, 0.1) is 13.2 Å². The molecule has 7 nitrogen and oxygen atoms in total. The predicted molar refractivity (Wildman–Crippen MR) is 183 cm³/mol. The average molecular weight is 716 g/mol. The van der Waals surface area contributed by atoms with Gasteiger partial charge < -0.3 is 9.47 Å². The normalized spacial score (nSPS) is 16.0. The number of ether oxygens (including phenoxy) is 2. The molecule has 43 heavy (non-hydrogen) atoms. The number of fused-ring (bicyclic) bond motifs is 1. The number of likely N-dealkylation sites (N-methyl/N-ethyl adjacent to an activating group) is 1. The van der Waals surface area contributed by atoms with Crippen molar-refractivity contribution in [1.29, 1.82) is 0 Å². The molecule has 0 spiro atoms. The summed E-state index contributed by atoms with van der Waals surface area (Å²) >= 11 is -0.795. The van der Waals surface area contributed by atoms with Gasteiger partial charge in [0.25, 0.3) is 6.47 Å². The molecule has 0 unspecified atom stereocenters. The number of anilines is 1. The summed E-state index contributed by atoms with van der Waals surface area (Å²) in [6.07, 6.45) is 10.1. The second-order valence-electron chi connectivity index (χ2n) is 12.1. The molecule has 9 heteroatoms. The van der Waals surface area contributed by atoms with Crippen LogP contribution in [0.4, 0.5) is 5.69 Å². The van der Waals surface area contributed by atoms with Crippen molar-refractivity contribution in [1.82, 2.24) is 13.9 Å². The van der Waals surface area contributed by atoms with E-state index in [1.165, 1.54) is 73.5 Å². The molecule has 0 radical (unpaired) electrons. The zero-order chi connectivity index (χ0) is 30.5. The van der Waals surface area contributed by atoms with Crippen LogP contribution in [0.25, 0.3) is 11.0 Å². The minimum Gasteiger partial charge on any atom is -0.460 e. The van der Waals surface area contributed by atoms with Gasteiger partial charge in [0.2, 0.25) is 0 Å². The number of aromatic nitrogens is 2. The summed E-state index contributed by atoms with van der Waals surface area (Å²) in [5.41, 5.74) is 2.57. The number of carbonyl (C=O) groups is 1. The first-order valence-corrected chi connectivity index (χ1v) is 24.6. The van der Waals surface area contributed by atoms with Gasteiger partial charge in [-0.1, -0.05) is 0 Å². The largest absolute Gasteiger partial charge is 0.460 e. The monoisotopic (exact) mass is 716 g/mol. The molecule has 0 bridgehead atoms. The fourth-order valence-corrected chi connectivity index (χ4v) is 24.6. The minimum atomic E-state index is -2.71. The Bertz CT molecular complexity index is 1220. The van der Waals surface area contributed by atoms with Crippen molar-refractivity contribution in [2.75, 3.05) is 51.3 Å². The van der Waals surface area contributed by atoms with E-state index in [2.05, 4.69) is 95.0 Å². The van der Waals surface area contributed by atoms with Gasteiger partial charge >= 0.3 is 229 Å². The predicted octanol–water partition coefficient (Wildman–Crippen LogP) is 6.96. The topological polar surface area (TPSA) is 59.8 Å². The molecule has 2 aliphatic rings. The fourth-order valence-electron chi connectivity index (χ4n) is 6.11. The van der Waals surface area contributed by atoms with E-state index in [1.54, 1.807) is 3.71 Å². The standard InChI is InChI=1S/C18H19N4S.C4H6O3.3C4H9.Sn/c1-20-11-13-21(14-12-20)17-7-9-19-18-16(17)8-10-22(18)23-15-5-3-2-4-6-15;5-3-7-4-1-6-2-4;3*1-3-4-2;/h2-9H,11-14H2,1H3;3-4H,1-2H2;3*1,3-4H2,2H3;. The molecule has 2 fully saturated rings. The van der Waals surface area contributed by atoms with Crippen LogP contribution in [0.5, 0.6) is 0 Å². The minimum absolute atomic E-state index is 0.0394. The van der Waals surface area contributed by atoms with Gasteiger partial charge in [-0.25, -0.2) is 0 Å². The molecule has 0 atom stereocenters. The smallest absolute Gasteiger partial charge is 0.293 e. The Morgan fingerprint density at radius 3 is 2.09 bits per heavy atom. The molecule has 2 saturated heterocycles. The van der Waals surface area contributed by atoms with Crippen molar-refractivity contribution in [3.8, 4) is 0 Å². The molecule has 3 aromatic rings. The summed E-state index contributed by atoms with van der Waals surface area (Å²) in [5.74, 6) is 0. The van der Waals surface area contributed by atoms with Crippen LogP contribution in [0, 0.1) is 0 Å². The molecular weight excluding hydrogens is 663 g/mol. The first-order valence-electron chi connectivity index (χ1n) is 16.4. The number of hydrogen-bond acceptors (Lipinski definition) is 7. The Kier molecular flexibility index (Phi) is 14.0. The van der Waals surface area contributed by atoms with Crippen LogP contribution in [0.2, 0.25) is 13.3 Å². The fraction of sp³-hybridized carbons (Fsp3) is 0.588. The molecule has 2 aromatic heterocycles. The van der Waals surface area contributed by atoms with Crippen molar-refractivity contribution >= 4 is 57.2 Å². The van der Waals surface area contributed by atoms with Crippen LogP contribution in [-0.2, 0) is 14.3 Å². The van der Waals surface area contributed by atoms with E-state index >= 15 is 0 Å². The first kappa shape index (κ1) is 34.1. The van der Waals surface area contributed by atoms with E-state index in [9.17, 15) is 4.79 Å². The Morgan fingerprint density at radius 1 is 0.953 bits per heavy atom. The number of unbranched alkanes of at least 4 members (excludes halogenated alkanes) is 3. The quantitative estimate of drug-likeness (QED) is 0.125. The van der Waals surface area contributed by atoms with Crippen molar-refractivity contribution in [3.63, 3.8) is 0 Å². The van der Waals surface area contributed by atoms with Gasteiger partial charge in [0.15, 0.2) is 0 Å². The summed E-state index contributed by atoms with van der Waals surface area (Å²) in [6.45, 7) is 13.2. The van der Waals surface area contributed by atoms with E-state index in [0.717, 1.165) is 26.2 Å². The molecule has 1 aromatic carbocycles. The van der Waals surface area contributed by atoms with Gasteiger partial charge in [-0.3, -0.25) is 4.79 Å². The third-order valence-electron chi connectivity index (χ3n) is 8.85. The zero-order valence-corrected chi connectivity index (χ0v) is 30.5. The van der Waals surface area contributed by atoms with Crippen LogP contribution in [0.3, 0.4) is 0 Å². The Balaban J connectivity index is 0.000000530. The van der Waals surface area contributed by atoms with E-state index in [1.807, 2.05) is 11.9 Å². The van der Waals surface area contributed by atoms with Crippen LogP contribution >= 0.6 is 11.9 Å². The number of hydrogen-bond donors (Lipinski definition) is 0. The van der Waals surface area contributed by atoms with Gasteiger partial charge in [-0.2, -0.15) is 0 Å². The molecule has 0 amide bonds. The molecule has 2 aliphatic heterocycles. The van der Waals surface area contributed by atoms with Crippen molar-refractivity contribution in [2.45, 2.75) is 83.6 Å². The molecule has 5 rings (SSSR count).